The lowest BCUT2D eigenvalue weighted by Gasteiger charge is -2.10. The Hall–Kier alpha value is -2.73. The van der Waals surface area contributed by atoms with Gasteiger partial charge in [-0.1, -0.05) is 30.3 Å². The summed E-state index contributed by atoms with van der Waals surface area (Å²) in [7, 11) is 0. The standard InChI is InChI=1S/C23H31N3O3/c24-23(26-17-22-9-6-16-28-22)25-14-4-5-15-27-20-10-12-21(13-11-20)29-18-19-7-2-1-3-8-19/h1-3,7-8,10-13,22H,4-6,9,14-18H2,(H3,24,25,26). The fourth-order valence-corrected chi connectivity index (χ4v) is 3.05. The zero-order valence-corrected chi connectivity index (χ0v) is 16.9. The zero-order valence-electron chi connectivity index (χ0n) is 16.9. The minimum absolute atomic E-state index is 0.235. The summed E-state index contributed by atoms with van der Waals surface area (Å²) >= 11 is 0. The lowest BCUT2D eigenvalue weighted by atomic mass is 10.2. The highest BCUT2D eigenvalue weighted by Gasteiger charge is 2.14. The molecule has 1 unspecified atom stereocenters. The van der Waals surface area contributed by atoms with Gasteiger partial charge >= 0.3 is 0 Å². The van der Waals surface area contributed by atoms with Crippen molar-refractivity contribution in [3.05, 3.63) is 60.2 Å². The fraction of sp³-hybridized carbons (Fsp3) is 0.435. The number of hydrogen-bond acceptors (Lipinski definition) is 4. The van der Waals surface area contributed by atoms with Crippen LogP contribution in [-0.2, 0) is 11.3 Å². The third-order valence-corrected chi connectivity index (χ3v) is 4.71. The molecule has 0 aromatic heterocycles. The van der Waals surface area contributed by atoms with Gasteiger partial charge in [-0.15, -0.1) is 0 Å². The van der Waals surface area contributed by atoms with Crippen molar-refractivity contribution in [2.45, 2.75) is 38.4 Å². The van der Waals surface area contributed by atoms with Gasteiger partial charge < -0.3 is 25.3 Å². The molecule has 0 radical (unpaired) electrons. The number of hydrogen-bond donors (Lipinski definition) is 2. The highest BCUT2D eigenvalue weighted by Crippen LogP contribution is 2.19. The molecular formula is C23H31N3O3. The zero-order chi connectivity index (χ0) is 20.2. The first-order chi connectivity index (χ1) is 14.3. The largest absolute Gasteiger partial charge is 0.494 e. The van der Waals surface area contributed by atoms with Crippen LogP contribution in [0.3, 0.4) is 0 Å². The molecule has 1 atom stereocenters. The number of nitrogens with two attached hydrogens (primary N) is 1. The van der Waals surface area contributed by atoms with Crippen LogP contribution in [0.25, 0.3) is 0 Å². The summed E-state index contributed by atoms with van der Waals surface area (Å²) in [6.07, 6.45) is 4.34. The second-order valence-electron chi connectivity index (χ2n) is 7.09. The van der Waals surface area contributed by atoms with Gasteiger partial charge in [0, 0.05) is 13.2 Å². The minimum Gasteiger partial charge on any atom is -0.494 e. The van der Waals surface area contributed by atoms with Crippen LogP contribution in [0.2, 0.25) is 0 Å². The summed E-state index contributed by atoms with van der Waals surface area (Å²) in [5.41, 5.74) is 7.03. The SMILES string of the molecule is NC(=NCC1CCCO1)NCCCCOc1ccc(OCc2ccccc2)cc1. The molecule has 1 aliphatic rings. The Kier molecular flexibility index (Phi) is 8.66. The molecule has 29 heavy (non-hydrogen) atoms. The number of ether oxygens (including phenoxy) is 3. The molecule has 0 amide bonds. The number of aliphatic imine (C=N–C) groups is 1. The maximum atomic E-state index is 5.87. The second-order valence-corrected chi connectivity index (χ2v) is 7.09. The number of guanidine groups is 1. The molecule has 1 heterocycles. The highest BCUT2D eigenvalue weighted by atomic mass is 16.5. The Morgan fingerprint density at radius 2 is 1.79 bits per heavy atom. The van der Waals surface area contributed by atoms with Crippen molar-refractivity contribution < 1.29 is 14.2 Å². The Bertz CT molecular complexity index is 729. The number of rotatable bonds is 11. The van der Waals surface area contributed by atoms with Crippen molar-refractivity contribution >= 4 is 5.96 Å². The van der Waals surface area contributed by atoms with Crippen molar-refractivity contribution in [3.63, 3.8) is 0 Å². The Labute approximate surface area is 173 Å². The predicted octanol–water partition coefficient (Wildman–Crippen LogP) is 3.51. The van der Waals surface area contributed by atoms with Gasteiger partial charge in [0.2, 0.25) is 0 Å². The van der Waals surface area contributed by atoms with Gasteiger partial charge in [-0.2, -0.15) is 0 Å². The van der Waals surface area contributed by atoms with Crippen LogP contribution in [0, 0.1) is 0 Å². The number of nitrogens with zero attached hydrogens (tertiary/aromatic N) is 1. The molecular weight excluding hydrogens is 366 g/mol. The normalized spacial score (nSPS) is 16.6. The van der Waals surface area contributed by atoms with Crippen LogP contribution in [0.4, 0.5) is 0 Å². The summed E-state index contributed by atoms with van der Waals surface area (Å²) in [4.78, 5) is 4.33. The van der Waals surface area contributed by atoms with E-state index in [9.17, 15) is 0 Å². The van der Waals surface area contributed by atoms with E-state index in [1.165, 1.54) is 0 Å². The Morgan fingerprint density at radius 3 is 2.52 bits per heavy atom. The summed E-state index contributed by atoms with van der Waals surface area (Å²) < 4.78 is 17.1. The third kappa shape index (κ3) is 8.03. The van der Waals surface area contributed by atoms with Gasteiger partial charge in [0.15, 0.2) is 5.96 Å². The molecule has 2 aromatic rings. The van der Waals surface area contributed by atoms with Crippen LogP contribution >= 0.6 is 0 Å². The average Bonchev–Trinajstić information content (AvgIpc) is 3.28. The van der Waals surface area contributed by atoms with Gasteiger partial charge in [-0.25, -0.2) is 0 Å². The fourth-order valence-electron chi connectivity index (χ4n) is 3.05. The Balaban J connectivity index is 1.24. The van der Waals surface area contributed by atoms with E-state index in [2.05, 4.69) is 22.4 Å². The van der Waals surface area contributed by atoms with E-state index in [4.69, 9.17) is 19.9 Å². The smallest absolute Gasteiger partial charge is 0.188 e. The van der Waals surface area contributed by atoms with Gasteiger partial charge in [0.25, 0.3) is 0 Å². The molecule has 3 rings (SSSR count). The van der Waals surface area contributed by atoms with Gasteiger partial charge in [-0.05, 0) is 55.5 Å². The molecule has 3 N–H and O–H groups in total. The summed E-state index contributed by atoms with van der Waals surface area (Å²) in [6.45, 7) is 3.51. The van der Waals surface area contributed by atoms with E-state index < -0.39 is 0 Å². The molecule has 6 heteroatoms. The second kappa shape index (κ2) is 12.0. The molecule has 156 valence electrons. The lowest BCUT2D eigenvalue weighted by molar-refractivity contribution is 0.118. The molecule has 0 spiro atoms. The number of nitrogens with one attached hydrogen (secondary N) is 1. The molecule has 1 fully saturated rings. The van der Waals surface area contributed by atoms with Crippen LogP contribution < -0.4 is 20.5 Å². The lowest BCUT2D eigenvalue weighted by Crippen LogP contribution is -2.33. The van der Waals surface area contributed by atoms with E-state index in [1.807, 2.05) is 42.5 Å². The predicted molar refractivity (Wildman–Crippen MR) is 115 cm³/mol. The van der Waals surface area contributed by atoms with Crippen LogP contribution in [0.15, 0.2) is 59.6 Å². The van der Waals surface area contributed by atoms with E-state index in [-0.39, 0.29) is 6.10 Å². The molecule has 1 aliphatic heterocycles. The maximum absolute atomic E-state index is 5.87. The third-order valence-electron chi connectivity index (χ3n) is 4.71. The topological polar surface area (TPSA) is 78.1 Å². The highest BCUT2D eigenvalue weighted by molar-refractivity contribution is 5.77. The molecule has 0 aliphatic carbocycles. The van der Waals surface area contributed by atoms with Crippen molar-refractivity contribution in [1.29, 1.82) is 0 Å². The first-order valence-electron chi connectivity index (χ1n) is 10.3. The first kappa shape index (κ1) is 21.0. The van der Waals surface area contributed by atoms with Gasteiger partial charge in [0.05, 0.1) is 19.3 Å². The van der Waals surface area contributed by atoms with Gasteiger partial charge in [0.1, 0.15) is 18.1 Å². The van der Waals surface area contributed by atoms with Crippen LogP contribution in [-0.4, -0.2) is 38.4 Å². The maximum Gasteiger partial charge on any atom is 0.188 e. The number of unbranched alkanes of at least 4 members (excludes halogenated alkanes) is 1. The summed E-state index contributed by atoms with van der Waals surface area (Å²) in [5, 5.41) is 3.14. The van der Waals surface area contributed by atoms with E-state index in [0.29, 0.717) is 25.7 Å². The molecule has 1 saturated heterocycles. The molecule has 2 aromatic carbocycles. The average molecular weight is 398 g/mol. The Morgan fingerprint density at radius 1 is 1.03 bits per heavy atom. The van der Waals surface area contributed by atoms with E-state index >= 15 is 0 Å². The van der Waals surface area contributed by atoms with Crippen LogP contribution in [0.5, 0.6) is 11.5 Å². The van der Waals surface area contributed by atoms with Crippen molar-refractivity contribution in [2.75, 3.05) is 26.3 Å². The first-order valence-corrected chi connectivity index (χ1v) is 10.3. The van der Waals surface area contributed by atoms with Crippen molar-refractivity contribution in [1.82, 2.24) is 5.32 Å². The summed E-state index contributed by atoms with van der Waals surface area (Å²) in [6, 6.07) is 17.9. The van der Waals surface area contributed by atoms with Crippen molar-refractivity contribution in [3.8, 4) is 11.5 Å². The van der Waals surface area contributed by atoms with Crippen molar-refractivity contribution in [2.24, 2.45) is 10.7 Å². The minimum atomic E-state index is 0.235. The van der Waals surface area contributed by atoms with E-state index in [0.717, 1.165) is 55.9 Å². The number of benzene rings is 2. The molecule has 6 nitrogen and oxygen atoms in total. The molecule has 0 bridgehead atoms. The van der Waals surface area contributed by atoms with Gasteiger partial charge in [-0.3, -0.25) is 4.99 Å². The quantitative estimate of drug-likeness (QED) is 0.345. The van der Waals surface area contributed by atoms with Crippen LogP contribution in [0.1, 0.15) is 31.2 Å². The van der Waals surface area contributed by atoms with E-state index in [1.54, 1.807) is 0 Å². The summed E-state index contributed by atoms with van der Waals surface area (Å²) in [5.74, 6) is 2.18. The molecule has 0 saturated carbocycles. The monoisotopic (exact) mass is 397 g/mol.